The quantitative estimate of drug-likeness (QED) is 0.592. The highest BCUT2D eigenvalue weighted by atomic mass is 16.6. The third-order valence-electron chi connectivity index (χ3n) is 3.73. The van der Waals surface area contributed by atoms with Gasteiger partial charge >= 0.3 is 5.97 Å². The Balaban J connectivity index is 2.19. The van der Waals surface area contributed by atoms with Crippen LogP contribution in [0.5, 0.6) is 5.75 Å². The van der Waals surface area contributed by atoms with Gasteiger partial charge in [-0.2, -0.15) is 0 Å². The highest BCUT2D eigenvalue weighted by molar-refractivity contribution is 5.68. The van der Waals surface area contributed by atoms with Crippen molar-refractivity contribution < 1.29 is 19.6 Å². The first-order valence-electron chi connectivity index (χ1n) is 7.56. The number of rotatable bonds is 8. The molecule has 2 rings (SSSR count). The maximum atomic E-state index is 11.0. The van der Waals surface area contributed by atoms with Crippen LogP contribution in [0.15, 0.2) is 48.5 Å². The highest BCUT2D eigenvalue weighted by Crippen LogP contribution is 2.28. The lowest BCUT2D eigenvalue weighted by atomic mass is 9.92. The third kappa shape index (κ3) is 5.08. The maximum Gasteiger partial charge on any atom is 0.304 e. The first-order valence-corrected chi connectivity index (χ1v) is 7.56. The van der Waals surface area contributed by atoms with Crippen molar-refractivity contribution in [3.05, 3.63) is 75.3 Å². The zero-order chi connectivity index (χ0) is 17.5. The summed E-state index contributed by atoms with van der Waals surface area (Å²) in [5.41, 5.74) is 2.46. The minimum atomic E-state index is -1.06. The van der Waals surface area contributed by atoms with E-state index in [2.05, 4.69) is 0 Å². The lowest BCUT2D eigenvalue weighted by molar-refractivity contribution is -0.483. The molecule has 0 radical (unpaired) electrons. The molecule has 6 heteroatoms. The Morgan fingerprint density at radius 2 is 1.96 bits per heavy atom. The van der Waals surface area contributed by atoms with E-state index in [-0.39, 0.29) is 6.42 Å². The van der Waals surface area contributed by atoms with E-state index >= 15 is 0 Å². The van der Waals surface area contributed by atoms with Gasteiger partial charge in [-0.25, -0.2) is 0 Å². The normalized spacial score (nSPS) is 11.7. The standard InChI is InChI=1S/C18H19NO5/c1-13-7-8-16(24-12-14-5-3-2-4-6-14)10-17(13)15(9-18(20)21)11-19(22)23/h2-8,10,15H,9,11-12H2,1H3,(H,20,21). The number of carboxylic acids is 1. The molecule has 0 saturated heterocycles. The smallest absolute Gasteiger partial charge is 0.304 e. The second kappa shape index (κ2) is 8.10. The van der Waals surface area contributed by atoms with Gasteiger partial charge in [0, 0.05) is 4.92 Å². The van der Waals surface area contributed by atoms with Gasteiger partial charge in [-0.1, -0.05) is 36.4 Å². The molecular weight excluding hydrogens is 310 g/mol. The van der Waals surface area contributed by atoms with Crippen molar-refractivity contribution in [1.29, 1.82) is 0 Å². The summed E-state index contributed by atoms with van der Waals surface area (Å²) >= 11 is 0. The molecule has 1 atom stereocenters. The number of ether oxygens (including phenoxy) is 1. The summed E-state index contributed by atoms with van der Waals surface area (Å²) in [7, 11) is 0. The molecule has 0 aliphatic rings. The van der Waals surface area contributed by atoms with Crippen molar-refractivity contribution in [1.82, 2.24) is 0 Å². The summed E-state index contributed by atoms with van der Waals surface area (Å²) in [5.74, 6) is -1.17. The Morgan fingerprint density at radius 3 is 2.58 bits per heavy atom. The summed E-state index contributed by atoms with van der Waals surface area (Å²) in [6.07, 6.45) is -0.288. The number of carbonyl (C=O) groups is 1. The molecule has 1 N–H and O–H groups in total. The molecule has 24 heavy (non-hydrogen) atoms. The van der Waals surface area contributed by atoms with Crippen LogP contribution in [0.1, 0.15) is 29.0 Å². The van der Waals surface area contributed by atoms with Crippen molar-refractivity contribution >= 4 is 5.97 Å². The Kier molecular flexibility index (Phi) is 5.89. The van der Waals surface area contributed by atoms with Gasteiger partial charge in [0.2, 0.25) is 6.54 Å². The van der Waals surface area contributed by atoms with E-state index in [0.717, 1.165) is 11.1 Å². The lowest BCUT2D eigenvalue weighted by Gasteiger charge is -2.16. The van der Waals surface area contributed by atoms with Gasteiger partial charge in [-0.05, 0) is 35.7 Å². The molecule has 0 saturated carbocycles. The van der Waals surface area contributed by atoms with Crippen molar-refractivity contribution in [2.45, 2.75) is 25.9 Å². The van der Waals surface area contributed by atoms with E-state index in [1.54, 1.807) is 18.2 Å². The molecule has 0 aliphatic heterocycles. The second-order valence-corrected chi connectivity index (χ2v) is 5.60. The summed E-state index contributed by atoms with van der Waals surface area (Å²) < 4.78 is 5.73. The number of nitro groups is 1. The summed E-state index contributed by atoms with van der Waals surface area (Å²) in [5, 5.41) is 19.9. The zero-order valence-electron chi connectivity index (χ0n) is 13.3. The van der Waals surface area contributed by atoms with Crippen LogP contribution < -0.4 is 4.74 Å². The number of hydrogen-bond donors (Lipinski definition) is 1. The molecule has 2 aromatic carbocycles. The van der Waals surface area contributed by atoms with Crippen LogP contribution in [0, 0.1) is 17.0 Å². The predicted octanol–water partition coefficient (Wildman–Crippen LogP) is 3.41. The van der Waals surface area contributed by atoms with Crippen LogP contribution in [0.4, 0.5) is 0 Å². The van der Waals surface area contributed by atoms with Crippen molar-refractivity contribution in [2.24, 2.45) is 0 Å². The van der Waals surface area contributed by atoms with E-state index in [0.29, 0.717) is 17.9 Å². The number of benzene rings is 2. The van der Waals surface area contributed by atoms with Gasteiger partial charge in [-0.3, -0.25) is 14.9 Å². The first kappa shape index (κ1) is 17.5. The van der Waals surface area contributed by atoms with E-state index in [1.807, 2.05) is 37.3 Å². The van der Waals surface area contributed by atoms with E-state index in [4.69, 9.17) is 9.84 Å². The summed E-state index contributed by atoms with van der Waals surface area (Å²) in [6.45, 7) is 1.77. The van der Waals surface area contributed by atoms with Gasteiger partial charge in [0.15, 0.2) is 0 Å². The zero-order valence-corrected chi connectivity index (χ0v) is 13.3. The van der Waals surface area contributed by atoms with Crippen LogP contribution >= 0.6 is 0 Å². The van der Waals surface area contributed by atoms with E-state index in [1.165, 1.54) is 0 Å². The average Bonchev–Trinajstić information content (AvgIpc) is 2.53. The van der Waals surface area contributed by atoms with Gasteiger partial charge in [-0.15, -0.1) is 0 Å². The van der Waals surface area contributed by atoms with Crippen molar-refractivity contribution in [2.75, 3.05) is 6.54 Å². The van der Waals surface area contributed by atoms with Gasteiger partial charge in [0.1, 0.15) is 12.4 Å². The SMILES string of the molecule is Cc1ccc(OCc2ccccc2)cc1C(CC(=O)O)C[N+](=O)[O-]. The van der Waals surface area contributed by atoms with Crippen LogP contribution in [0.25, 0.3) is 0 Å². The van der Waals surface area contributed by atoms with Crippen LogP contribution in [-0.2, 0) is 11.4 Å². The number of nitrogens with zero attached hydrogens (tertiary/aromatic N) is 1. The minimum Gasteiger partial charge on any atom is -0.489 e. The van der Waals surface area contributed by atoms with Crippen molar-refractivity contribution in [3.63, 3.8) is 0 Å². The Labute approximate surface area is 139 Å². The fourth-order valence-electron chi connectivity index (χ4n) is 2.55. The van der Waals surface area contributed by atoms with Crippen LogP contribution in [-0.4, -0.2) is 22.5 Å². The molecular formula is C18H19NO5. The molecule has 6 nitrogen and oxygen atoms in total. The molecule has 0 heterocycles. The van der Waals surface area contributed by atoms with E-state index < -0.39 is 23.4 Å². The Morgan fingerprint density at radius 1 is 1.25 bits per heavy atom. The molecule has 0 bridgehead atoms. The number of hydrogen-bond acceptors (Lipinski definition) is 4. The molecule has 0 aliphatic carbocycles. The molecule has 0 amide bonds. The fourth-order valence-corrected chi connectivity index (χ4v) is 2.55. The second-order valence-electron chi connectivity index (χ2n) is 5.60. The number of carboxylic acid groups (broad SMARTS) is 1. The average molecular weight is 329 g/mol. The Bertz CT molecular complexity index is 699. The molecule has 0 spiro atoms. The predicted molar refractivity (Wildman–Crippen MR) is 88.8 cm³/mol. The molecule has 2 aromatic rings. The number of aryl methyl sites for hydroxylation is 1. The fraction of sp³-hybridized carbons (Fsp3) is 0.278. The highest BCUT2D eigenvalue weighted by Gasteiger charge is 2.23. The monoisotopic (exact) mass is 329 g/mol. The molecule has 0 fully saturated rings. The Hall–Kier alpha value is -2.89. The summed E-state index contributed by atoms with van der Waals surface area (Å²) in [4.78, 5) is 21.4. The van der Waals surface area contributed by atoms with Gasteiger partial charge in [0.25, 0.3) is 0 Å². The summed E-state index contributed by atoms with van der Waals surface area (Å²) in [6, 6.07) is 14.9. The van der Waals surface area contributed by atoms with Gasteiger partial charge in [0.05, 0.1) is 12.3 Å². The first-order chi connectivity index (χ1) is 11.5. The third-order valence-corrected chi connectivity index (χ3v) is 3.73. The van der Waals surface area contributed by atoms with E-state index in [9.17, 15) is 14.9 Å². The lowest BCUT2D eigenvalue weighted by Crippen LogP contribution is -2.17. The van der Waals surface area contributed by atoms with Crippen molar-refractivity contribution in [3.8, 4) is 5.75 Å². The van der Waals surface area contributed by atoms with Crippen LogP contribution in [0.3, 0.4) is 0 Å². The molecule has 0 aromatic heterocycles. The van der Waals surface area contributed by atoms with Gasteiger partial charge < -0.3 is 9.84 Å². The minimum absolute atomic E-state index is 0.288. The number of aliphatic carboxylic acids is 1. The van der Waals surface area contributed by atoms with Crippen LogP contribution in [0.2, 0.25) is 0 Å². The topological polar surface area (TPSA) is 89.7 Å². The molecule has 126 valence electrons. The largest absolute Gasteiger partial charge is 0.489 e. The molecule has 1 unspecified atom stereocenters. The maximum absolute atomic E-state index is 11.0.